The molecule has 0 aromatic heterocycles. The Kier molecular flexibility index (Phi) is 4.83. The molecule has 0 bridgehead atoms. The molecular formula is C13H18Br2N2O2S. The third-order valence-corrected chi connectivity index (χ3v) is 7.68. The van der Waals surface area contributed by atoms with E-state index >= 15 is 0 Å². The Hall–Kier alpha value is -0.110. The van der Waals surface area contributed by atoms with Crippen molar-refractivity contribution in [1.29, 1.82) is 0 Å². The van der Waals surface area contributed by atoms with Crippen molar-refractivity contribution in [2.75, 3.05) is 5.73 Å². The first-order chi connectivity index (χ1) is 9.25. The first-order valence-corrected chi connectivity index (χ1v) is 9.56. The molecule has 0 spiro atoms. The van der Waals surface area contributed by atoms with Crippen molar-refractivity contribution in [3.63, 3.8) is 0 Å². The van der Waals surface area contributed by atoms with Gasteiger partial charge in [-0.3, -0.25) is 0 Å². The first kappa shape index (κ1) is 16.3. The van der Waals surface area contributed by atoms with E-state index in [2.05, 4.69) is 31.9 Å². The number of anilines is 1. The monoisotopic (exact) mass is 424 g/mol. The molecule has 2 N–H and O–H groups in total. The zero-order chi connectivity index (χ0) is 15.1. The number of piperidine rings is 1. The second kappa shape index (κ2) is 5.94. The highest BCUT2D eigenvalue weighted by molar-refractivity contribution is 9.11. The largest absolute Gasteiger partial charge is 0.399 e. The average molecular weight is 426 g/mol. The molecule has 20 heavy (non-hydrogen) atoms. The first-order valence-electron chi connectivity index (χ1n) is 6.53. The second-order valence-corrected chi connectivity index (χ2v) is 8.77. The van der Waals surface area contributed by atoms with E-state index in [1.807, 2.05) is 13.8 Å². The van der Waals surface area contributed by atoms with Crippen molar-refractivity contribution < 1.29 is 8.42 Å². The summed E-state index contributed by atoms with van der Waals surface area (Å²) in [6.07, 6.45) is 2.86. The van der Waals surface area contributed by atoms with Crippen molar-refractivity contribution in [1.82, 2.24) is 4.31 Å². The lowest BCUT2D eigenvalue weighted by atomic mass is 10.0. The highest BCUT2D eigenvalue weighted by Gasteiger charge is 2.37. The fourth-order valence-electron chi connectivity index (χ4n) is 2.80. The molecule has 0 saturated carbocycles. The van der Waals surface area contributed by atoms with Crippen LogP contribution in [0.25, 0.3) is 0 Å². The van der Waals surface area contributed by atoms with Gasteiger partial charge in [-0.1, -0.05) is 6.42 Å². The zero-order valence-electron chi connectivity index (χ0n) is 11.4. The summed E-state index contributed by atoms with van der Waals surface area (Å²) < 4.78 is 28.6. The SMILES string of the molecule is C[C@@H]1CCC[C@H](C)N1S(=O)(=O)c1c(Br)cc(N)cc1Br. The minimum atomic E-state index is -3.55. The van der Waals surface area contributed by atoms with Crippen LogP contribution in [0.4, 0.5) is 5.69 Å². The molecule has 0 aliphatic carbocycles. The van der Waals surface area contributed by atoms with Crippen LogP contribution in [0.3, 0.4) is 0 Å². The summed E-state index contributed by atoms with van der Waals surface area (Å²) in [6.45, 7) is 3.93. The fourth-order valence-corrected chi connectivity index (χ4v) is 7.23. The predicted molar refractivity (Wildman–Crippen MR) is 88.1 cm³/mol. The van der Waals surface area contributed by atoms with Crippen LogP contribution in [0.15, 0.2) is 26.0 Å². The minimum Gasteiger partial charge on any atom is -0.399 e. The normalized spacial score (nSPS) is 24.8. The van der Waals surface area contributed by atoms with Crippen LogP contribution in [0.2, 0.25) is 0 Å². The minimum absolute atomic E-state index is 0.0140. The summed E-state index contributed by atoms with van der Waals surface area (Å²) in [4.78, 5) is 0.257. The second-order valence-electron chi connectivity index (χ2n) is 5.28. The number of nitrogen functional groups attached to an aromatic ring is 1. The number of hydrogen-bond acceptors (Lipinski definition) is 3. The standard InChI is InChI=1S/C13H18Br2N2O2S/c1-8-4-3-5-9(2)17(8)20(18,19)13-11(14)6-10(16)7-12(13)15/h6-9H,3-5,16H2,1-2H3/t8-,9+. The number of benzene rings is 1. The molecule has 112 valence electrons. The summed E-state index contributed by atoms with van der Waals surface area (Å²) in [5.41, 5.74) is 6.25. The van der Waals surface area contributed by atoms with E-state index in [1.165, 1.54) is 0 Å². The van der Waals surface area contributed by atoms with E-state index in [9.17, 15) is 8.42 Å². The fraction of sp³-hybridized carbons (Fsp3) is 0.538. The molecule has 7 heteroatoms. The van der Waals surface area contributed by atoms with E-state index in [0.29, 0.717) is 14.6 Å². The maximum atomic E-state index is 13.0. The highest BCUT2D eigenvalue weighted by Crippen LogP contribution is 2.37. The molecule has 1 aromatic rings. The van der Waals surface area contributed by atoms with Crippen LogP contribution in [0, 0.1) is 0 Å². The molecule has 1 aliphatic rings. The lowest BCUT2D eigenvalue weighted by Crippen LogP contribution is -2.47. The predicted octanol–water partition coefficient (Wildman–Crippen LogP) is 3.75. The van der Waals surface area contributed by atoms with Gasteiger partial charge in [0.25, 0.3) is 0 Å². The summed E-state index contributed by atoms with van der Waals surface area (Å²) >= 11 is 6.65. The van der Waals surface area contributed by atoms with Gasteiger partial charge in [-0.2, -0.15) is 4.31 Å². The molecular weight excluding hydrogens is 408 g/mol. The van der Waals surface area contributed by atoms with Crippen molar-refractivity contribution >= 4 is 47.6 Å². The Balaban J connectivity index is 2.55. The van der Waals surface area contributed by atoms with Gasteiger partial charge in [-0.25, -0.2) is 8.42 Å². The van der Waals surface area contributed by atoms with Crippen LogP contribution < -0.4 is 5.73 Å². The molecule has 1 aromatic carbocycles. The summed E-state index contributed by atoms with van der Waals surface area (Å²) in [5, 5.41) is 0. The molecule has 1 fully saturated rings. The Morgan fingerprint density at radius 2 is 1.60 bits per heavy atom. The van der Waals surface area contributed by atoms with Crippen LogP contribution in [-0.2, 0) is 10.0 Å². The topological polar surface area (TPSA) is 63.4 Å². The Morgan fingerprint density at radius 3 is 2.05 bits per heavy atom. The van der Waals surface area contributed by atoms with Gasteiger partial charge in [-0.05, 0) is 70.7 Å². The van der Waals surface area contributed by atoms with Crippen LogP contribution in [-0.4, -0.2) is 24.8 Å². The van der Waals surface area contributed by atoms with Crippen molar-refractivity contribution in [2.24, 2.45) is 0 Å². The molecule has 1 heterocycles. The molecule has 2 rings (SSSR count). The van der Waals surface area contributed by atoms with Gasteiger partial charge in [0.1, 0.15) is 4.90 Å². The molecule has 0 unspecified atom stereocenters. The lowest BCUT2D eigenvalue weighted by Gasteiger charge is -2.38. The summed E-state index contributed by atoms with van der Waals surface area (Å²) in [5.74, 6) is 0. The maximum Gasteiger partial charge on any atom is 0.245 e. The van der Waals surface area contributed by atoms with E-state index < -0.39 is 10.0 Å². The third-order valence-electron chi connectivity index (χ3n) is 3.67. The number of rotatable bonds is 2. The zero-order valence-corrected chi connectivity index (χ0v) is 15.4. The molecule has 0 radical (unpaired) electrons. The van der Waals surface area contributed by atoms with E-state index in [0.717, 1.165) is 19.3 Å². The van der Waals surface area contributed by atoms with E-state index in [4.69, 9.17) is 5.73 Å². The van der Waals surface area contributed by atoms with Crippen LogP contribution in [0.5, 0.6) is 0 Å². The van der Waals surface area contributed by atoms with Crippen molar-refractivity contribution in [3.8, 4) is 0 Å². The maximum absolute atomic E-state index is 13.0. The number of hydrogen-bond donors (Lipinski definition) is 1. The number of halogens is 2. The Bertz CT molecular complexity index is 586. The van der Waals surface area contributed by atoms with Gasteiger partial charge in [0.2, 0.25) is 10.0 Å². The van der Waals surface area contributed by atoms with Gasteiger partial charge in [0.05, 0.1) is 0 Å². The highest BCUT2D eigenvalue weighted by atomic mass is 79.9. The van der Waals surface area contributed by atoms with Crippen molar-refractivity contribution in [3.05, 3.63) is 21.1 Å². The van der Waals surface area contributed by atoms with E-state index in [1.54, 1.807) is 16.4 Å². The van der Waals surface area contributed by atoms with Gasteiger partial charge >= 0.3 is 0 Å². The van der Waals surface area contributed by atoms with Gasteiger partial charge in [0, 0.05) is 26.7 Å². The van der Waals surface area contributed by atoms with Gasteiger partial charge in [0.15, 0.2) is 0 Å². The van der Waals surface area contributed by atoms with Crippen molar-refractivity contribution in [2.45, 2.75) is 50.1 Å². The average Bonchev–Trinajstić information content (AvgIpc) is 2.25. The van der Waals surface area contributed by atoms with Crippen LogP contribution in [0.1, 0.15) is 33.1 Å². The quantitative estimate of drug-likeness (QED) is 0.734. The number of nitrogens with two attached hydrogens (primary N) is 1. The van der Waals surface area contributed by atoms with Gasteiger partial charge < -0.3 is 5.73 Å². The molecule has 0 amide bonds. The van der Waals surface area contributed by atoms with Crippen LogP contribution >= 0.6 is 31.9 Å². The smallest absolute Gasteiger partial charge is 0.245 e. The summed E-state index contributed by atoms with van der Waals surface area (Å²) in [6, 6.07) is 3.27. The Morgan fingerprint density at radius 1 is 1.15 bits per heavy atom. The number of sulfonamides is 1. The molecule has 4 nitrogen and oxygen atoms in total. The lowest BCUT2D eigenvalue weighted by molar-refractivity contribution is 0.204. The van der Waals surface area contributed by atoms with Gasteiger partial charge in [-0.15, -0.1) is 0 Å². The Labute approximate surface area is 137 Å². The number of nitrogens with zero attached hydrogens (tertiary/aromatic N) is 1. The molecule has 1 aliphatic heterocycles. The molecule has 1 saturated heterocycles. The van der Waals surface area contributed by atoms with E-state index in [-0.39, 0.29) is 17.0 Å². The third kappa shape index (κ3) is 2.91. The summed E-state index contributed by atoms with van der Waals surface area (Å²) in [7, 11) is -3.55. The molecule has 2 atom stereocenters.